The molecule has 0 bridgehead atoms. The second kappa shape index (κ2) is 9.67. The fourth-order valence-corrected chi connectivity index (χ4v) is 3.73. The number of carbonyl (C=O) groups is 2. The van der Waals surface area contributed by atoms with E-state index in [9.17, 15) is 14.7 Å². The van der Waals surface area contributed by atoms with Crippen molar-refractivity contribution in [3.63, 3.8) is 0 Å². The summed E-state index contributed by atoms with van der Waals surface area (Å²) < 4.78 is 5.07. The molecule has 2 aromatic rings. The number of aromatic hydroxyl groups is 1. The Hall–Kier alpha value is -2.99. The zero-order chi connectivity index (χ0) is 21.7. The van der Waals surface area contributed by atoms with Crippen LogP contribution >= 0.6 is 11.6 Å². The highest BCUT2D eigenvalue weighted by Gasteiger charge is 2.27. The Morgan fingerprint density at radius 2 is 2.00 bits per heavy atom. The SMILES string of the molecule is COc1ccc(/C=C(\NC(=O)c2ccccc2Cl)C(=O)N2CCCCC2C)cc1O. The molecule has 1 atom stereocenters. The number of carbonyl (C=O) groups excluding carboxylic acids is 2. The number of nitrogens with one attached hydrogen (secondary N) is 1. The summed E-state index contributed by atoms with van der Waals surface area (Å²) in [5, 5.41) is 13.1. The summed E-state index contributed by atoms with van der Waals surface area (Å²) in [4.78, 5) is 27.9. The molecular formula is C23H25ClN2O4. The minimum atomic E-state index is -0.470. The first-order valence-electron chi connectivity index (χ1n) is 9.86. The molecule has 158 valence electrons. The van der Waals surface area contributed by atoms with Crippen LogP contribution in [0, 0.1) is 0 Å². The number of nitrogens with zero attached hydrogens (tertiary/aromatic N) is 1. The van der Waals surface area contributed by atoms with Crippen LogP contribution in [0.25, 0.3) is 6.08 Å². The third-order valence-electron chi connectivity index (χ3n) is 5.17. The lowest BCUT2D eigenvalue weighted by Gasteiger charge is -2.34. The van der Waals surface area contributed by atoms with Gasteiger partial charge in [0, 0.05) is 12.6 Å². The number of phenolic OH excluding ortho intramolecular Hbond substituents is 1. The quantitative estimate of drug-likeness (QED) is 0.698. The average Bonchev–Trinajstić information content (AvgIpc) is 2.73. The van der Waals surface area contributed by atoms with Crippen molar-refractivity contribution in [2.24, 2.45) is 0 Å². The fourth-order valence-electron chi connectivity index (χ4n) is 3.50. The average molecular weight is 429 g/mol. The molecule has 6 nitrogen and oxygen atoms in total. The Labute approximate surface area is 181 Å². The Kier molecular flexibility index (Phi) is 7.00. The number of benzene rings is 2. The van der Waals surface area contributed by atoms with E-state index >= 15 is 0 Å². The van der Waals surface area contributed by atoms with E-state index in [0.717, 1.165) is 19.3 Å². The van der Waals surface area contributed by atoms with Crippen molar-refractivity contribution >= 4 is 29.5 Å². The molecule has 30 heavy (non-hydrogen) atoms. The van der Waals surface area contributed by atoms with Gasteiger partial charge >= 0.3 is 0 Å². The Bertz CT molecular complexity index is 973. The predicted molar refractivity (Wildman–Crippen MR) is 117 cm³/mol. The molecule has 2 N–H and O–H groups in total. The zero-order valence-electron chi connectivity index (χ0n) is 17.0. The van der Waals surface area contributed by atoms with Crippen LogP contribution in [0.1, 0.15) is 42.1 Å². The lowest BCUT2D eigenvalue weighted by atomic mass is 10.0. The minimum absolute atomic E-state index is 0.0539. The highest BCUT2D eigenvalue weighted by Crippen LogP contribution is 2.28. The molecule has 1 saturated heterocycles. The van der Waals surface area contributed by atoms with E-state index < -0.39 is 5.91 Å². The van der Waals surface area contributed by atoms with E-state index in [4.69, 9.17) is 16.3 Å². The third-order valence-corrected chi connectivity index (χ3v) is 5.50. The van der Waals surface area contributed by atoms with Gasteiger partial charge in [-0.25, -0.2) is 0 Å². The minimum Gasteiger partial charge on any atom is -0.504 e. The molecule has 2 amide bonds. The Balaban J connectivity index is 1.95. The molecule has 1 aliphatic heterocycles. The van der Waals surface area contributed by atoms with Gasteiger partial charge < -0.3 is 20.1 Å². The van der Waals surface area contributed by atoms with Crippen LogP contribution < -0.4 is 10.1 Å². The Morgan fingerprint density at radius 1 is 1.23 bits per heavy atom. The van der Waals surface area contributed by atoms with Crippen molar-refractivity contribution in [3.05, 3.63) is 64.3 Å². The smallest absolute Gasteiger partial charge is 0.270 e. The van der Waals surface area contributed by atoms with Gasteiger partial charge in [0.05, 0.1) is 17.7 Å². The van der Waals surface area contributed by atoms with Gasteiger partial charge in [-0.15, -0.1) is 0 Å². The van der Waals surface area contributed by atoms with Crippen molar-refractivity contribution in [1.29, 1.82) is 0 Å². The normalized spacial score (nSPS) is 16.8. The summed E-state index contributed by atoms with van der Waals surface area (Å²) >= 11 is 6.15. The highest BCUT2D eigenvalue weighted by atomic mass is 35.5. The summed E-state index contributed by atoms with van der Waals surface area (Å²) in [6.07, 6.45) is 4.46. The van der Waals surface area contributed by atoms with Gasteiger partial charge in [-0.2, -0.15) is 0 Å². The number of phenols is 1. The number of piperidine rings is 1. The number of hydrogen-bond acceptors (Lipinski definition) is 4. The number of amides is 2. The standard InChI is InChI=1S/C23H25ClN2O4/c1-15-7-5-6-12-26(15)23(29)19(13-16-10-11-21(30-2)20(27)14-16)25-22(28)17-8-3-4-9-18(17)24/h3-4,8-11,13-15,27H,5-7,12H2,1-2H3,(H,25,28)/b19-13-. The first kappa shape index (κ1) is 21.7. The van der Waals surface area contributed by atoms with E-state index in [1.54, 1.807) is 47.4 Å². The number of ether oxygens (including phenoxy) is 1. The summed E-state index contributed by atoms with van der Waals surface area (Å²) in [6.45, 7) is 2.64. The number of hydrogen-bond donors (Lipinski definition) is 2. The molecule has 0 radical (unpaired) electrons. The first-order valence-corrected chi connectivity index (χ1v) is 10.2. The largest absolute Gasteiger partial charge is 0.504 e. The van der Waals surface area contributed by atoms with Crippen LogP contribution in [-0.4, -0.2) is 41.5 Å². The molecule has 0 aromatic heterocycles. The molecule has 1 heterocycles. The Morgan fingerprint density at radius 3 is 2.67 bits per heavy atom. The van der Waals surface area contributed by atoms with Gasteiger partial charge in [-0.05, 0) is 62.1 Å². The summed E-state index contributed by atoms with van der Waals surface area (Å²) in [6, 6.07) is 11.5. The second-order valence-electron chi connectivity index (χ2n) is 7.27. The summed E-state index contributed by atoms with van der Waals surface area (Å²) in [5.74, 6) is -0.466. The maximum atomic E-state index is 13.3. The lowest BCUT2D eigenvalue weighted by molar-refractivity contribution is -0.130. The van der Waals surface area contributed by atoms with Gasteiger partial charge in [0.2, 0.25) is 0 Å². The van der Waals surface area contributed by atoms with Gasteiger partial charge in [0.1, 0.15) is 5.70 Å². The third kappa shape index (κ3) is 4.94. The summed E-state index contributed by atoms with van der Waals surface area (Å²) in [5.41, 5.74) is 0.959. The van der Waals surface area contributed by atoms with Crippen LogP contribution in [0.5, 0.6) is 11.5 Å². The maximum Gasteiger partial charge on any atom is 0.270 e. The second-order valence-corrected chi connectivity index (χ2v) is 7.67. The van der Waals surface area contributed by atoms with Crippen molar-refractivity contribution in [2.45, 2.75) is 32.2 Å². The van der Waals surface area contributed by atoms with Crippen molar-refractivity contribution in [1.82, 2.24) is 10.2 Å². The van der Waals surface area contributed by atoms with Gasteiger partial charge in [-0.1, -0.05) is 29.8 Å². The van der Waals surface area contributed by atoms with E-state index in [2.05, 4.69) is 5.32 Å². The van der Waals surface area contributed by atoms with Gasteiger partial charge in [0.25, 0.3) is 11.8 Å². The molecule has 1 aliphatic rings. The van der Waals surface area contributed by atoms with Crippen LogP contribution in [0.4, 0.5) is 0 Å². The molecule has 7 heteroatoms. The molecule has 3 rings (SSSR count). The van der Waals surface area contributed by atoms with Gasteiger partial charge in [-0.3, -0.25) is 9.59 Å². The van der Waals surface area contributed by atoms with Crippen molar-refractivity contribution in [3.8, 4) is 11.5 Å². The topological polar surface area (TPSA) is 78.9 Å². The number of likely N-dealkylation sites (tertiary alicyclic amines) is 1. The first-order chi connectivity index (χ1) is 14.4. The molecule has 0 aliphatic carbocycles. The van der Waals surface area contributed by atoms with Gasteiger partial charge in [0.15, 0.2) is 11.5 Å². The molecule has 2 aromatic carbocycles. The predicted octanol–water partition coefficient (Wildman–Crippen LogP) is 4.23. The van der Waals surface area contributed by atoms with Crippen LogP contribution in [-0.2, 0) is 4.79 Å². The number of halogens is 1. The molecular weight excluding hydrogens is 404 g/mol. The molecule has 1 unspecified atom stereocenters. The van der Waals surface area contributed by atoms with Crippen LogP contribution in [0.2, 0.25) is 5.02 Å². The maximum absolute atomic E-state index is 13.3. The highest BCUT2D eigenvalue weighted by molar-refractivity contribution is 6.34. The fraction of sp³-hybridized carbons (Fsp3) is 0.304. The lowest BCUT2D eigenvalue weighted by Crippen LogP contribution is -2.45. The zero-order valence-corrected chi connectivity index (χ0v) is 17.8. The van der Waals surface area contributed by atoms with Crippen LogP contribution in [0.15, 0.2) is 48.2 Å². The number of methoxy groups -OCH3 is 1. The van der Waals surface area contributed by atoms with Crippen molar-refractivity contribution in [2.75, 3.05) is 13.7 Å². The molecule has 0 spiro atoms. The van der Waals surface area contributed by atoms with Crippen molar-refractivity contribution < 1.29 is 19.4 Å². The monoisotopic (exact) mass is 428 g/mol. The van der Waals surface area contributed by atoms with E-state index in [1.807, 2.05) is 6.92 Å². The van der Waals surface area contributed by atoms with E-state index in [1.165, 1.54) is 13.2 Å². The van der Waals surface area contributed by atoms with Crippen LogP contribution in [0.3, 0.4) is 0 Å². The van der Waals surface area contributed by atoms with E-state index in [-0.39, 0.29) is 29.0 Å². The molecule has 0 saturated carbocycles. The number of rotatable bonds is 5. The molecule has 1 fully saturated rings. The summed E-state index contributed by atoms with van der Waals surface area (Å²) in [7, 11) is 1.46. The van der Waals surface area contributed by atoms with E-state index in [0.29, 0.717) is 22.9 Å².